The Labute approximate surface area is 85.0 Å². The van der Waals surface area contributed by atoms with Gasteiger partial charge in [-0.05, 0) is 12.1 Å². The summed E-state index contributed by atoms with van der Waals surface area (Å²) in [5.41, 5.74) is 0. The second kappa shape index (κ2) is 3.47. The molecule has 0 saturated carbocycles. The summed E-state index contributed by atoms with van der Waals surface area (Å²) in [7, 11) is -5.98. The van der Waals surface area contributed by atoms with Crippen molar-refractivity contribution in [2.24, 2.45) is 0 Å². The van der Waals surface area contributed by atoms with Crippen LogP contribution in [0.1, 0.15) is 0 Å². The van der Waals surface area contributed by atoms with E-state index >= 15 is 0 Å². The Morgan fingerprint density at radius 2 is 1.50 bits per heavy atom. The van der Waals surface area contributed by atoms with Crippen LogP contribution in [0.3, 0.4) is 0 Å². The molecular formula is C9H13FO2SSi. The van der Waals surface area contributed by atoms with Crippen LogP contribution in [0.2, 0.25) is 19.6 Å². The second-order valence-electron chi connectivity index (χ2n) is 4.21. The van der Waals surface area contributed by atoms with Gasteiger partial charge in [0, 0.05) is 0 Å². The Balaban J connectivity index is 3.14. The summed E-state index contributed by atoms with van der Waals surface area (Å²) in [6, 6.07) is 6.03. The maximum Gasteiger partial charge on any atom is 0.332 e. The van der Waals surface area contributed by atoms with Gasteiger partial charge in [0.25, 0.3) is 0 Å². The van der Waals surface area contributed by atoms with Crippen LogP contribution in [0.25, 0.3) is 0 Å². The van der Waals surface area contributed by atoms with E-state index in [1.807, 2.05) is 0 Å². The van der Waals surface area contributed by atoms with Crippen LogP contribution in [0.4, 0.5) is 3.89 Å². The van der Waals surface area contributed by atoms with Crippen molar-refractivity contribution in [3.05, 3.63) is 24.3 Å². The van der Waals surface area contributed by atoms with Crippen molar-refractivity contribution in [3.63, 3.8) is 0 Å². The lowest BCUT2D eigenvalue weighted by atomic mass is 10.4. The van der Waals surface area contributed by atoms with Gasteiger partial charge in [-0.15, -0.1) is 3.89 Å². The van der Waals surface area contributed by atoms with E-state index < -0.39 is 18.3 Å². The van der Waals surface area contributed by atoms with Crippen molar-refractivity contribution in [1.29, 1.82) is 0 Å². The van der Waals surface area contributed by atoms with Crippen molar-refractivity contribution in [3.8, 4) is 0 Å². The molecule has 78 valence electrons. The standard InChI is InChI=1S/C9H13FO2SSi/c1-14(2,3)9-6-4-8(5-7-9)13(10,11)12/h4-7H,1-3H3. The first-order valence-corrected chi connectivity index (χ1v) is 9.15. The predicted octanol–water partition coefficient (Wildman–Crippen LogP) is 1.89. The largest absolute Gasteiger partial charge is 0.332 e. The van der Waals surface area contributed by atoms with Crippen LogP contribution in [0.5, 0.6) is 0 Å². The molecule has 2 nitrogen and oxygen atoms in total. The van der Waals surface area contributed by atoms with Crippen LogP contribution < -0.4 is 5.19 Å². The smallest absolute Gasteiger partial charge is 0.189 e. The fourth-order valence-corrected chi connectivity index (χ4v) is 2.75. The minimum atomic E-state index is -4.55. The topological polar surface area (TPSA) is 34.1 Å². The Hall–Kier alpha value is -0.683. The van der Waals surface area contributed by atoms with Gasteiger partial charge >= 0.3 is 10.2 Å². The van der Waals surface area contributed by atoms with Crippen molar-refractivity contribution in [2.75, 3.05) is 0 Å². The molecule has 1 rings (SSSR count). The van der Waals surface area contributed by atoms with E-state index in [1.165, 1.54) is 12.1 Å². The van der Waals surface area contributed by atoms with E-state index in [-0.39, 0.29) is 4.90 Å². The number of rotatable bonds is 2. The highest BCUT2D eigenvalue weighted by Crippen LogP contribution is 2.11. The quantitative estimate of drug-likeness (QED) is 0.576. The summed E-state index contributed by atoms with van der Waals surface area (Å²) in [5, 5.41) is 1.12. The molecule has 0 saturated heterocycles. The molecule has 0 aromatic heterocycles. The molecular weight excluding hydrogens is 219 g/mol. The predicted molar refractivity (Wildman–Crippen MR) is 57.7 cm³/mol. The SMILES string of the molecule is C[Si](C)(C)c1ccc(S(=O)(=O)F)cc1. The Morgan fingerprint density at radius 3 is 1.79 bits per heavy atom. The average molecular weight is 232 g/mol. The first-order chi connectivity index (χ1) is 6.21. The van der Waals surface area contributed by atoms with Gasteiger partial charge < -0.3 is 0 Å². The van der Waals surface area contributed by atoms with E-state index in [4.69, 9.17) is 0 Å². The normalized spacial score (nSPS) is 12.9. The first-order valence-electron chi connectivity index (χ1n) is 4.26. The minimum absolute atomic E-state index is 0.264. The van der Waals surface area contributed by atoms with Crippen LogP contribution in [-0.2, 0) is 10.2 Å². The maximum absolute atomic E-state index is 12.5. The zero-order valence-corrected chi connectivity index (χ0v) is 10.2. The van der Waals surface area contributed by atoms with Crippen molar-refractivity contribution >= 4 is 23.5 Å². The molecule has 5 heteroatoms. The zero-order valence-electron chi connectivity index (χ0n) is 8.41. The molecule has 1 aromatic carbocycles. The molecule has 0 radical (unpaired) electrons. The molecule has 0 N–H and O–H groups in total. The lowest BCUT2D eigenvalue weighted by Gasteiger charge is -2.16. The molecule has 0 bridgehead atoms. The van der Waals surface area contributed by atoms with E-state index in [0.717, 1.165) is 5.19 Å². The van der Waals surface area contributed by atoms with Gasteiger partial charge in [-0.3, -0.25) is 0 Å². The molecule has 0 spiro atoms. The minimum Gasteiger partial charge on any atom is -0.189 e. The molecule has 0 amide bonds. The molecule has 14 heavy (non-hydrogen) atoms. The fourth-order valence-electron chi connectivity index (χ4n) is 1.12. The fraction of sp³-hybridized carbons (Fsp3) is 0.333. The first kappa shape index (κ1) is 11.4. The molecule has 0 fully saturated rings. The lowest BCUT2D eigenvalue weighted by Crippen LogP contribution is -2.37. The monoisotopic (exact) mass is 232 g/mol. The average Bonchev–Trinajstić information content (AvgIpc) is 2.01. The Kier molecular flexibility index (Phi) is 2.82. The third-order valence-electron chi connectivity index (χ3n) is 2.00. The molecule has 0 aliphatic carbocycles. The van der Waals surface area contributed by atoms with Gasteiger partial charge in [0.05, 0.1) is 13.0 Å². The molecule has 0 atom stereocenters. The zero-order chi connectivity index (χ0) is 11.0. The van der Waals surface area contributed by atoms with Gasteiger partial charge in [-0.25, -0.2) is 0 Å². The van der Waals surface area contributed by atoms with Crippen LogP contribution in [0, 0.1) is 0 Å². The van der Waals surface area contributed by atoms with E-state index in [2.05, 4.69) is 19.6 Å². The van der Waals surface area contributed by atoms with E-state index in [0.29, 0.717) is 0 Å². The van der Waals surface area contributed by atoms with Gasteiger partial charge in [0.1, 0.15) is 0 Å². The third kappa shape index (κ3) is 2.65. The summed E-state index contributed by atoms with van der Waals surface area (Å²) in [4.78, 5) is -0.264. The molecule has 0 aliphatic heterocycles. The van der Waals surface area contributed by atoms with Gasteiger partial charge in [-0.1, -0.05) is 37.0 Å². The number of hydrogen-bond donors (Lipinski definition) is 0. The molecule has 0 heterocycles. The summed E-state index contributed by atoms with van der Waals surface area (Å²) < 4.78 is 33.6. The lowest BCUT2D eigenvalue weighted by molar-refractivity contribution is 0.552. The highest BCUT2D eigenvalue weighted by atomic mass is 32.3. The van der Waals surface area contributed by atoms with Crippen LogP contribution >= 0.6 is 0 Å². The van der Waals surface area contributed by atoms with Gasteiger partial charge in [0.2, 0.25) is 0 Å². The number of halogens is 1. The summed E-state index contributed by atoms with van der Waals surface area (Å²) in [5.74, 6) is 0. The van der Waals surface area contributed by atoms with Crippen LogP contribution in [0.15, 0.2) is 29.2 Å². The highest BCUT2D eigenvalue weighted by molar-refractivity contribution is 7.86. The van der Waals surface area contributed by atoms with E-state index in [1.54, 1.807) is 12.1 Å². The van der Waals surface area contributed by atoms with Crippen molar-refractivity contribution in [2.45, 2.75) is 24.5 Å². The Morgan fingerprint density at radius 1 is 1.07 bits per heavy atom. The van der Waals surface area contributed by atoms with Gasteiger partial charge in [-0.2, -0.15) is 8.42 Å². The van der Waals surface area contributed by atoms with Crippen LogP contribution in [-0.4, -0.2) is 16.5 Å². The highest BCUT2D eigenvalue weighted by Gasteiger charge is 2.18. The molecule has 0 unspecified atom stereocenters. The number of hydrogen-bond acceptors (Lipinski definition) is 2. The summed E-state index contributed by atoms with van der Waals surface area (Å²) in [6.07, 6.45) is 0. The summed E-state index contributed by atoms with van der Waals surface area (Å²) in [6.45, 7) is 6.43. The third-order valence-corrected chi connectivity index (χ3v) is 4.90. The van der Waals surface area contributed by atoms with Gasteiger partial charge in [0.15, 0.2) is 0 Å². The maximum atomic E-state index is 12.5. The molecule has 1 aromatic rings. The summed E-state index contributed by atoms with van der Waals surface area (Å²) >= 11 is 0. The van der Waals surface area contributed by atoms with Crippen molar-refractivity contribution < 1.29 is 12.3 Å². The second-order valence-corrected chi connectivity index (χ2v) is 10.6. The Bertz CT molecular complexity index is 417. The molecule has 0 aliphatic rings. The van der Waals surface area contributed by atoms with E-state index in [9.17, 15) is 12.3 Å². The number of benzene rings is 1. The van der Waals surface area contributed by atoms with Crippen molar-refractivity contribution in [1.82, 2.24) is 0 Å².